The Kier molecular flexibility index (Phi) is 4.85. The van der Waals surface area contributed by atoms with Crippen LogP contribution >= 0.6 is 0 Å². The first-order valence-electron chi connectivity index (χ1n) is 5.68. The van der Waals surface area contributed by atoms with Crippen molar-refractivity contribution in [3.05, 3.63) is 0 Å². The van der Waals surface area contributed by atoms with Gasteiger partial charge in [0.15, 0.2) is 0 Å². The van der Waals surface area contributed by atoms with E-state index in [-0.39, 0.29) is 6.10 Å². The molecule has 3 unspecified atom stereocenters. The fourth-order valence-electron chi connectivity index (χ4n) is 2.28. The smallest absolute Gasteiger partial charge is 0.0552 e. The molecule has 0 amide bonds. The summed E-state index contributed by atoms with van der Waals surface area (Å²) in [6.45, 7) is 8.65. The molecule has 1 aliphatic rings. The number of hydrogen-bond donors (Lipinski definition) is 2. The molecule has 0 aromatic heterocycles. The van der Waals surface area contributed by atoms with Gasteiger partial charge in [-0.05, 0) is 45.3 Å². The molecule has 0 aliphatic carbocycles. The van der Waals surface area contributed by atoms with Gasteiger partial charge in [0.2, 0.25) is 0 Å². The summed E-state index contributed by atoms with van der Waals surface area (Å²) in [4.78, 5) is 2.47. The molecule has 1 fully saturated rings. The fraction of sp³-hybridized carbons (Fsp3) is 1.00. The molecular formula is C11H24N2O. The molecule has 0 saturated carbocycles. The number of aliphatic hydroxyl groups is 1. The molecule has 0 radical (unpaired) electrons. The van der Waals surface area contributed by atoms with Crippen LogP contribution in [0.5, 0.6) is 0 Å². The number of aliphatic hydroxyl groups excluding tert-OH is 1. The Morgan fingerprint density at radius 1 is 1.50 bits per heavy atom. The predicted molar refractivity (Wildman–Crippen MR) is 59.3 cm³/mol. The Morgan fingerprint density at radius 2 is 2.21 bits per heavy atom. The molecule has 3 nitrogen and oxygen atoms in total. The second kappa shape index (κ2) is 5.69. The van der Waals surface area contributed by atoms with Crippen molar-refractivity contribution in [1.29, 1.82) is 0 Å². The SMILES string of the molecule is CNCC(C)CN1CCC(C(C)O)C1. The Bertz CT molecular complexity index is 161. The molecule has 3 atom stereocenters. The Morgan fingerprint density at radius 3 is 2.71 bits per heavy atom. The monoisotopic (exact) mass is 200 g/mol. The third-order valence-electron chi connectivity index (χ3n) is 3.11. The number of rotatable bonds is 5. The maximum Gasteiger partial charge on any atom is 0.0552 e. The topological polar surface area (TPSA) is 35.5 Å². The van der Waals surface area contributed by atoms with Crippen molar-refractivity contribution >= 4 is 0 Å². The largest absolute Gasteiger partial charge is 0.393 e. The third-order valence-corrected chi connectivity index (χ3v) is 3.11. The molecule has 14 heavy (non-hydrogen) atoms. The standard InChI is InChI=1S/C11H24N2O/c1-9(6-12-3)7-13-5-4-11(8-13)10(2)14/h9-12,14H,4-8H2,1-3H3. The molecule has 0 aromatic carbocycles. The van der Waals surface area contributed by atoms with Gasteiger partial charge in [0, 0.05) is 13.1 Å². The van der Waals surface area contributed by atoms with Crippen molar-refractivity contribution in [2.75, 3.05) is 33.2 Å². The van der Waals surface area contributed by atoms with E-state index < -0.39 is 0 Å². The number of likely N-dealkylation sites (tertiary alicyclic amines) is 1. The molecule has 0 spiro atoms. The van der Waals surface area contributed by atoms with Crippen molar-refractivity contribution in [3.63, 3.8) is 0 Å². The van der Waals surface area contributed by atoms with Crippen LogP contribution in [-0.4, -0.2) is 49.3 Å². The van der Waals surface area contributed by atoms with Crippen molar-refractivity contribution in [3.8, 4) is 0 Å². The predicted octanol–water partition coefficient (Wildman–Crippen LogP) is 0.545. The van der Waals surface area contributed by atoms with E-state index in [4.69, 9.17) is 0 Å². The van der Waals surface area contributed by atoms with Crippen molar-refractivity contribution in [2.45, 2.75) is 26.4 Å². The van der Waals surface area contributed by atoms with E-state index in [1.54, 1.807) is 0 Å². The first-order valence-corrected chi connectivity index (χ1v) is 5.68. The minimum absolute atomic E-state index is 0.139. The quantitative estimate of drug-likeness (QED) is 0.680. The lowest BCUT2D eigenvalue weighted by atomic mass is 10.0. The van der Waals surface area contributed by atoms with Crippen LogP contribution in [-0.2, 0) is 0 Å². The first-order chi connectivity index (χ1) is 6.63. The maximum absolute atomic E-state index is 9.47. The van der Waals surface area contributed by atoms with E-state index in [0.717, 1.165) is 32.6 Å². The van der Waals surface area contributed by atoms with Gasteiger partial charge in [-0.15, -0.1) is 0 Å². The lowest BCUT2D eigenvalue weighted by Crippen LogP contribution is -2.32. The highest BCUT2D eigenvalue weighted by molar-refractivity contribution is 4.79. The van der Waals surface area contributed by atoms with Gasteiger partial charge in [-0.25, -0.2) is 0 Å². The zero-order valence-corrected chi connectivity index (χ0v) is 9.66. The second-order valence-electron chi connectivity index (χ2n) is 4.71. The fourth-order valence-corrected chi connectivity index (χ4v) is 2.28. The minimum atomic E-state index is -0.139. The van der Waals surface area contributed by atoms with Crippen LogP contribution in [0.1, 0.15) is 20.3 Å². The molecule has 84 valence electrons. The number of nitrogens with zero attached hydrogens (tertiary/aromatic N) is 1. The summed E-state index contributed by atoms with van der Waals surface area (Å²) in [6.07, 6.45) is 1.02. The van der Waals surface area contributed by atoms with Crippen LogP contribution in [0.3, 0.4) is 0 Å². The normalized spacial score (nSPS) is 27.9. The third kappa shape index (κ3) is 3.56. The summed E-state index contributed by atoms with van der Waals surface area (Å²) >= 11 is 0. The lowest BCUT2D eigenvalue weighted by molar-refractivity contribution is 0.126. The summed E-state index contributed by atoms with van der Waals surface area (Å²) < 4.78 is 0. The van der Waals surface area contributed by atoms with Crippen molar-refractivity contribution in [2.24, 2.45) is 11.8 Å². The van der Waals surface area contributed by atoms with Gasteiger partial charge < -0.3 is 15.3 Å². The van der Waals surface area contributed by atoms with Gasteiger partial charge in [0.05, 0.1) is 6.10 Å². The van der Waals surface area contributed by atoms with Gasteiger partial charge >= 0.3 is 0 Å². The highest BCUT2D eigenvalue weighted by Crippen LogP contribution is 2.20. The van der Waals surface area contributed by atoms with Gasteiger partial charge in [-0.1, -0.05) is 6.92 Å². The summed E-state index contributed by atoms with van der Waals surface area (Å²) in [5.74, 6) is 1.20. The molecule has 2 N–H and O–H groups in total. The number of hydrogen-bond acceptors (Lipinski definition) is 3. The summed E-state index contributed by atoms with van der Waals surface area (Å²) in [5.41, 5.74) is 0. The van der Waals surface area contributed by atoms with Crippen LogP contribution in [0.2, 0.25) is 0 Å². The molecule has 1 rings (SSSR count). The Hall–Kier alpha value is -0.120. The van der Waals surface area contributed by atoms with Gasteiger partial charge in [-0.3, -0.25) is 0 Å². The molecule has 1 aliphatic heterocycles. The van der Waals surface area contributed by atoms with E-state index in [1.165, 1.54) is 0 Å². The molecule has 0 bridgehead atoms. The Labute approximate surface area is 87.5 Å². The van der Waals surface area contributed by atoms with Crippen LogP contribution in [0, 0.1) is 11.8 Å². The van der Waals surface area contributed by atoms with Gasteiger partial charge in [-0.2, -0.15) is 0 Å². The number of nitrogens with one attached hydrogen (secondary N) is 1. The zero-order valence-electron chi connectivity index (χ0n) is 9.66. The molecular weight excluding hydrogens is 176 g/mol. The second-order valence-corrected chi connectivity index (χ2v) is 4.71. The highest BCUT2D eigenvalue weighted by Gasteiger charge is 2.26. The summed E-state index contributed by atoms with van der Waals surface area (Å²) in [6, 6.07) is 0. The average molecular weight is 200 g/mol. The Balaban J connectivity index is 2.21. The van der Waals surface area contributed by atoms with Crippen molar-refractivity contribution < 1.29 is 5.11 Å². The van der Waals surface area contributed by atoms with Crippen LogP contribution in [0.4, 0.5) is 0 Å². The molecule has 1 saturated heterocycles. The zero-order chi connectivity index (χ0) is 10.6. The van der Waals surface area contributed by atoms with E-state index in [0.29, 0.717) is 11.8 Å². The minimum Gasteiger partial charge on any atom is -0.393 e. The molecule has 3 heteroatoms. The van der Waals surface area contributed by atoms with Gasteiger partial charge in [0.1, 0.15) is 0 Å². The van der Waals surface area contributed by atoms with Crippen LogP contribution < -0.4 is 5.32 Å². The van der Waals surface area contributed by atoms with E-state index in [9.17, 15) is 5.11 Å². The first kappa shape index (κ1) is 12.0. The molecule has 0 aromatic rings. The average Bonchev–Trinajstić information content (AvgIpc) is 2.53. The summed E-state index contributed by atoms with van der Waals surface area (Å²) in [5, 5.41) is 12.7. The van der Waals surface area contributed by atoms with Crippen LogP contribution in [0.25, 0.3) is 0 Å². The highest BCUT2D eigenvalue weighted by atomic mass is 16.3. The van der Waals surface area contributed by atoms with E-state index in [2.05, 4.69) is 17.1 Å². The van der Waals surface area contributed by atoms with Crippen molar-refractivity contribution in [1.82, 2.24) is 10.2 Å². The molecule has 1 heterocycles. The summed E-state index contributed by atoms with van der Waals surface area (Å²) in [7, 11) is 2.00. The van der Waals surface area contributed by atoms with Crippen LogP contribution in [0.15, 0.2) is 0 Å². The maximum atomic E-state index is 9.47. The van der Waals surface area contributed by atoms with E-state index in [1.807, 2.05) is 14.0 Å². The lowest BCUT2D eigenvalue weighted by Gasteiger charge is -2.21. The van der Waals surface area contributed by atoms with Gasteiger partial charge in [0.25, 0.3) is 0 Å². The van der Waals surface area contributed by atoms with E-state index >= 15 is 0 Å².